The number of aryl methyl sites for hydroxylation is 2. The zero-order valence-corrected chi connectivity index (χ0v) is 10.1. The van der Waals surface area contributed by atoms with Crippen molar-refractivity contribution in [1.29, 1.82) is 0 Å². The summed E-state index contributed by atoms with van der Waals surface area (Å²) >= 11 is 0. The van der Waals surface area contributed by atoms with E-state index in [0.717, 1.165) is 22.8 Å². The van der Waals surface area contributed by atoms with Crippen LogP contribution in [0.5, 0.6) is 0 Å². The van der Waals surface area contributed by atoms with Crippen LogP contribution in [0, 0.1) is 19.7 Å². The monoisotopic (exact) mass is 220 g/mol. The first-order valence-electron chi connectivity index (χ1n) is 5.46. The Hall–Kier alpha value is -1.64. The molecule has 0 aliphatic rings. The molecular weight excluding hydrogens is 203 g/mol. The van der Waals surface area contributed by atoms with Gasteiger partial charge in [0.2, 0.25) is 0 Å². The summed E-state index contributed by atoms with van der Waals surface area (Å²) in [6, 6.07) is 6.35. The summed E-state index contributed by atoms with van der Waals surface area (Å²) in [7, 11) is 0. The van der Waals surface area contributed by atoms with Crippen LogP contribution in [0.15, 0.2) is 24.3 Å². The lowest BCUT2D eigenvalue weighted by atomic mass is 10.1. The van der Waals surface area contributed by atoms with Crippen LogP contribution < -0.4 is 0 Å². The van der Waals surface area contributed by atoms with Crippen LogP contribution >= 0.6 is 0 Å². The number of nitrogens with zero attached hydrogens (tertiary/aromatic N) is 1. The molecule has 3 heteroatoms. The quantitative estimate of drug-likeness (QED) is 0.776. The van der Waals surface area contributed by atoms with E-state index in [1.807, 2.05) is 27.7 Å². The first kappa shape index (κ1) is 12.4. The fourth-order valence-corrected chi connectivity index (χ4v) is 1.50. The second kappa shape index (κ2) is 5.45. The molecule has 1 aromatic heterocycles. The van der Waals surface area contributed by atoms with Crippen LogP contribution in [0.25, 0.3) is 11.3 Å². The topological polar surface area (TPSA) is 28.7 Å². The molecule has 1 heterocycles. The van der Waals surface area contributed by atoms with Gasteiger partial charge >= 0.3 is 0 Å². The molecule has 0 bridgehead atoms. The van der Waals surface area contributed by atoms with Crippen molar-refractivity contribution in [3.05, 3.63) is 41.6 Å². The Morgan fingerprint density at radius 2 is 1.62 bits per heavy atom. The Kier molecular flexibility index (Phi) is 4.23. The molecule has 1 aromatic carbocycles. The number of rotatable bonds is 1. The minimum atomic E-state index is -0.223. The first-order valence-corrected chi connectivity index (χ1v) is 5.46. The van der Waals surface area contributed by atoms with Gasteiger partial charge < -0.3 is 4.98 Å². The molecule has 1 N–H and O–H groups in total. The summed E-state index contributed by atoms with van der Waals surface area (Å²) in [6.45, 7) is 7.86. The first-order chi connectivity index (χ1) is 7.66. The molecule has 0 fully saturated rings. The Labute approximate surface area is 95.5 Å². The zero-order valence-electron chi connectivity index (χ0n) is 10.1. The van der Waals surface area contributed by atoms with Crippen LogP contribution in [-0.2, 0) is 0 Å². The molecule has 16 heavy (non-hydrogen) atoms. The minimum absolute atomic E-state index is 0.223. The van der Waals surface area contributed by atoms with Crippen molar-refractivity contribution in [1.82, 2.24) is 9.97 Å². The molecule has 0 spiro atoms. The van der Waals surface area contributed by atoms with E-state index in [4.69, 9.17) is 0 Å². The summed E-state index contributed by atoms with van der Waals surface area (Å²) in [5, 5.41) is 0. The normalized spacial score (nSPS) is 9.56. The number of hydrogen-bond donors (Lipinski definition) is 1. The number of halogens is 1. The van der Waals surface area contributed by atoms with Gasteiger partial charge in [-0.05, 0) is 38.1 Å². The summed E-state index contributed by atoms with van der Waals surface area (Å²) in [5.74, 6) is 0.653. The van der Waals surface area contributed by atoms with Crippen LogP contribution in [0.4, 0.5) is 4.39 Å². The van der Waals surface area contributed by atoms with Gasteiger partial charge in [-0.15, -0.1) is 0 Å². The lowest BCUT2D eigenvalue weighted by molar-refractivity contribution is 0.628. The Bertz CT molecular complexity index is 443. The smallest absolute Gasteiger partial charge is 0.123 e. The van der Waals surface area contributed by atoms with E-state index >= 15 is 0 Å². The predicted octanol–water partition coefficient (Wildman–Crippen LogP) is 3.86. The number of aromatic nitrogens is 2. The molecule has 0 aliphatic heterocycles. The molecule has 2 nitrogen and oxygen atoms in total. The number of H-pyrrole nitrogens is 1. The van der Waals surface area contributed by atoms with E-state index < -0.39 is 0 Å². The van der Waals surface area contributed by atoms with Gasteiger partial charge in [0.25, 0.3) is 0 Å². The molecule has 0 atom stereocenters. The lowest BCUT2D eigenvalue weighted by Crippen LogP contribution is -1.81. The van der Waals surface area contributed by atoms with Crippen molar-refractivity contribution in [3.8, 4) is 11.3 Å². The molecular formula is C13H17FN2. The highest BCUT2D eigenvalue weighted by Gasteiger charge is 2.05. The van der Waals surface area contributed by atoms with E-state index in [0.29, 0.717) is 0 Å². The van der Waals surface area contributed by atoms with Gasteiger partial charge in [0.15, 0.2) is 0 Å². The van der Waals surface area contributed by atoms with Gasteiger partial charge in [0.1, 0.15) is 11.6 Å². The van der Waals surface area contributed by atoms with Crippen LogP contribution in [0.2, 0.25) is 0 Å². The number of hydrogen-bond acceptors (Lipinski definition) is 1. The second-order valence-electron chi connectivity index (χ2n) is 3.30. The number of imidazole rings is 1. The Morgan fingerprint density at radius 1 is 1.06 bits per heavy atom. The second-order valence-corrected chi connectivity index (χ2v) is 3.30. The molecule has 0 unspecified atom stereocenters. The molecule has 2 rings (SSSR count). The number of benzene rings is 1. The molecule has 0 aliphatic carbocycles. The summed E-state index contributed by atoms with van der Waals surface area (Å²) < 4.78 is 12.7. The van der Waals surface area contributed by atoms with E-state index in [2.05, 4.69) is 9.97 Å². The number of aromatic amines is 1. The van der Waals surface area contributed by atoms with Crippen molar-refractivity contribution in [2.45, 2.75) is 27.7 Å². The zero-order chi connectivity index (χ0) is 12.1. The maximum atomic E-state index is 12.7. The third kappa shape index (κ3) is 2.69. The average Bonchev–Trinajstić information content (AvgIpc) is 2.62. The third-order valence-corrected chi connectivity index (χ3v) is 2.12. The molecule has 86 valence electrons. The molecule has 0 amide bonds. The van der Waals surface area contributed by atoms with E-state index in [1.54, 1.807) is 12.1 Å². The van der Waals surface area contributed by atoms with Gasteiger partial charge in [-0.2, -0.15) is 0 Å². The van der Waals surface area contributed by atoms with E-state index in [9.17, 15) is 4.39 Å². The fraction of sp³-hybridized carbons (Fsp3) is 0.308. The maximum Gasteiger partial charge on any atom is 0.123 e. The van der Waals surface area contributed by atoms with Crippen LogP contribution in [0.1, 0.15) is 25.4 Å². The van der Waals surface area contributed by atoms with Gasteiger partial charge in [0, 0.05) is 11.3 Å². The van der Waals surface area contributed by atoms with Crippen LogP contribution in [0.3, 0.4) is 0 Å². The summed E-state index contributed by atoms with van der Waals surface area (Å²) in [5.41, 5.74) is 2.84. The van der Waals surface area contributed by atoms with Gasteiger partial charge in [-0.25, -0.2) is 9.37 Å². The van der Waals surface area contributed by atoms with Gasteiger partial charge in [0.05, 0.1) is 5.69 Å². The van der Waals surface area contributed by atoms with E-state index in [-0.39, 0.29) is 5.82 Å². The van der Waals surface area contributed by atoms with Crippen molar-refractivity contribution in [2.75, 3.05) is 0 Å². The largest absolute Gasteiger partial charge is 0.346 e. The van der Waals surface area contributed by atoms with Crippen molar-refractivity contribution >= 4 is 0 Å². The summed E-state index contributed by atoms with van der Waals surface area (Å²) in [6.07, 6.45) is 0. The number of nitrogens with one attached hydrogen (secondary N) is 1. The Morgan fingerprint density at radius 3 is 2.06 bits per heavy atom. The van der Waals surface area contributed by atoms with Gasteiger partial charge in [-0.3, -0.25) is 0 Å². The molecule has 2 aromatic rings. The molecule has 0 saturated heterocycles. The highest BCUT2D eigenvalue weighted by atomic mass is 19.1. The van der Waals surface area contributed by atoms with E-state index in [1.165, 1.54) is 12.1 Å². The average molecular weight is 220 g/mol. The predicted molar refractivity (Wildman–Crippen MR) is 64.8 cm³/mol. The van der Waals surface area contributed by atoms with Crippen molar-refractivity contribution < 1.29 is 4.39 Å². The molecule has 0 saturated carbocycles. The minimum Gasteiger partial charge on any atom is -0.346 e. The fourth-order valence-electron chi connectivity index (χ4n) is 1.50. The van der Waals surface area contributed by atoms with Crippen molar-refractivity contribution in [2.24, 2.45) is 0 Å². The lowest BCUT2D eigenvalue weighted by Gasteiger charge is -1.97. The highest BCUT2D eigenvalue weighted by Crippen LogP contribution is 2.20. The SMILES string of the molecule is CC.Cc1nc(-c2ccc(F)cc2)c(C)[nH]1. The Balaban J connectivity index is 0.000000606. The van der Waals surface area contributed by atoms with Gasteiger partial charge in [-0.1, -0.05) is 13.8 Å². The standard InChI is InChI=1S/C11H11FN2.C2H6/c1-7-11(14-8(2)13-7)9-3-5-10(12)6-4-9;1-2/h3-6H,1-2H3,(H,13,14);1-2H3. The third-order valence-electron chi connectivity index (χ3n) is 2.12. The van der Waals surface area contributed by atoms with Crippen molar-refractivity contribution in [3.63, 3.8) is 0 Å². The summed E-state index contributed by atoms with van der Waals surface area (Å²) in [4.78, 5) is 7.45. The van der Waals surface area contributed by atoms with Crippen LogP contribution in [-0.4, -0.2) is 9.97 Å². The molecule has 0 radical (unpaired) electrons. The maximum absolute atomic E-state index is 12.7. The highest BCUT2D eigenvalue weighted by molar-refractivity contribution is 5.61.